The molecule has 8 heteroatoms. The summed E-state index contributed by atoms with van der Waals surface area (Å²) in [5, 5.41) is 15.4. The molecule has 1 aliphatic rings. The molecule has 0 radical (unpaired) electrons. The van der Waals surface area contributed by atoms with E-state index in [4.69, 9.17) is 4.74 Å². The van der Waals surface area contributed by atoms with E-state index in [0.717, 1.165) is 28.3 Å². The van der Waals surface area contributed by atoms with E-state index in [9.17, 15) is 14.3 Å². The number of aromatic nitrogens is 3. The highest BCUT2D eigenvalue weighted by Crippen LogP contribution is 2.29. The molecule has 4 aromatic rings. The van der Waals surface area contributed by atoms with Gasteiger partial charge in [-0.2, -0.15) is 4.39 Å². The zero-order valence-corrected chi connectivity index (χ0v) is 21.5. The molecule has 2 aromatic heterocycles. The number of halogens is 1. The van der Waals surface area contributed by atoms with Gasteiger partial charge in [0.2, 0.25) is 0 Å². The van der Waals surface area contributed by atoms with Crippen LogP contribution in [-0.2, 0) is 11.2 Å². The number of fused-ring (bicyclic) bond motifs is 3. The molecule has 2 N–H and O–H groups in total. The number of nitrogens with one attached hydrogen (secondary N) is 1. The molecule has 0 spiro atoms. The second-order valence-corrected chi connectivity index (χ2v) is 9.45. The van der Waals surface area contributed by atoms with Gasteiger partial charge in [-0.1, -0.05) is 43.3 Å². The largest absolute Gasteiger partial charge is 0.389 e. The third kappa shape index (κ3) is 4.97. The first-order valence-corrected chi connectivity index (χ1v) is 12.9. The molecule has 0 amide bonds. The number of aliphatic hydroxyl groups is 1. The monoisotopic (exact) mass is 514 g/mol. The van der Waals surface area contributed by atoms with Gasteiger partial charge in [-0.05, 0) is 54.0 Å². The summed E-state index contributed by atoms with van der Waals surface area (Å²) < 4.78 is 21.5. The van der Waals surface area contributed by atoms with Crippen molar-refractivity contribution in [3.05, 3.63) is 100 Å². The number of rotatable bonds is 7. The molecule has 196 valence electrons. The molecule has 2 atom stereocenters. The number of ether oxygens (including phenoxy) is 1. The minimum atomic E-state index is -0.766. The predicted molar refractivity (Wildman–Crippen MR) is 148 cm³/mol. The lowest BCUT2D eigenvalue weighted by Gasteiger charge is -2.29. The van der Waals surface area contributed by atoms with Crippen molar-refractivity contribution in [2.45, 2.75) is 38.3 Å². The lowest BCUT2D eigenvalue weighted by molar-refractivity contribution is -0.0395. The Hall–Kier alpha value is -3.88. The highest BCUT2D eigenvalue weighted by atomic mass is 19.1. The summed E-state index contributed by atoms with van der Waals surface area (Å²) in [5.74, 6) is -0.447. The first kappa shape index (κ1) is 25.8. The van der Waals surface area contributed by atoms with Gasteiger partial charge in [-0.15, -0.1) is 0 Å². The Morgan fingerprint density at radius 3 is 2.79 bits per heavy atom. The second kappa shape index (κ2) is 11.2. The van der Waals surface area contributed by atoms with Crippen LogP contribution in [0.1, 0.15) is 42.6 Å². The highest BCUT2D eigenvalue weighted by Gasteiger charge is 2.27. The van der Waals surface area contributed by atoms with Gasteiger partial charge in [-0.3, -0.25) is 14.3 Å². The SMILES string of the molecule is CC/C=C\C(=C(\F)NC)c1cc(Cc2cc3c(=O)n([C@H]4CCOC[C@@H]4O)cnc3c3ccccc23)ccn1. The van der Waals surface area contributed by atoms with Crippen LogP contribution < -0.4 is 10.9 Å². The van der Waals surface area contributed by atoms with Crippen LogP contribution in [0.15, 0.2) is 77.9 Å². The molecule has 0 unspecified atom stereocenters. The van der Waals surface area contributed by atoms with Crippen LogP contribution in [0.2, 0.25) is 0 Å². The lowest BCUT2D eigenvalue weighted by atomic mass is 9.95. The maximum absolute atomic E-state index is 14.6. The van der Waals surface area contributed by atoms with Crippen LogP contribution in [0.4, 0.5) is 4.39 Å². The average molecular weight is 515 g/mol. The van der Waals surface area contributed by atoms with E-state index in [2.05, 4.69) is 15.3 Å². The summed E-state index contributed by atoms with van der Waals surface area (Å²) in [5.41, 5.74) is 3.26. The fourth-order valence-electron chi connectivity index (χ4n) is 5.06. The molecule has 5 rings (SSSR count). The van der Waals surface area contributed by atoms with Crippen molar-refractivity contribution in [1.29, 1.82) is 0 Å². The number of aliphatic hydroxyl groups excluding tert-OH is 1. The number of benzene rings is 2. The molecule has 1 aliphatic heterocycles. The van der Waals surface area contributed by atoms with Crippen molar-refractivity contribution >= 4 is 27.2 Å². The number of allylic oxidation sites excluding steroid dienone is 3. The normalized spacial score (nSPS) is 18.7. The van der Waals surface area contributed by atoms with E-state index >= 15 is 0 Å². The quantitative estimate of drug-likeness (QED) is 0.212. The van der Waals surface area contributed by atoms with Gasteiger partial charge in [0.25, 0.3) is 5.56 Å². The van der Waals surface area contributed by atoms with Gasteiger partial charge in [0.1, 0.15) is 0 Å². The van der Waals surface area contributed by atoms with Gasteiger partial charge in [-0.25, -0.2) is 4.98 Å². The first-order valence-electron chi connectivity index (χ1n) is 12.9. The first-order chi connectivity index (χ1) is 18.5. The summed E-state index contributed by atoms with van der Waals surface area (Å²) in [6.45, 7) is 2.67. The second-order valence-electron chi connectivity index (χ2n) is 9.45. The minimum absolute atomic E-state index is 0.186. The standard InChI is InChI=1S/C30H31FN4O3/c1-3-4-7-23(29(31)32-2)25-15-19(10-12-33-25)14-20-16-24-28(22-9-6-5-8-21(20)22)34-18-35(30(24)37)26-11-13-38-17-27(26)36/h4-10,12,15-16,18,26-27,32,36H,3,11,13-14,17H2,1-2H3/b7-4-,29-23+/t26-,27-/m0/s1. The Bertz CT molecular complexity index is 1590. The van der Waals surface area contributed by atoms with E-state index in [-0.39, 0.29) is 18.2 Å². The van der Waals surface area contributed by atoms with E-state index in [0.29, 0.717) is 41.6 Å². The van der Waals surface area contributed by atoms with E-state index in [1.54, 1.807) is 25.6 Å². The van der Waals surface area contributed by atoms with Gasteiger partial charge in [0.05, 0.1) is 47.2 Å². The van der Waals surface area contributed by atoms with E-state index < -0.39 is 12.1 Å². The maximum atomic E-state index is 14.6. The smallest absolute Gasteiger partial charge is 0.261 e. The molecular formula is C30H31FN4O3. The van der Waals surface area contributed by atoms with Gasteiger partial charge < -0.3 is 15.2 Å². The third-order valence-electron chi connectivity index (χ3n) is 7.00. The Balaban J connectivity index is 1.62. The number of nitrogens with zero attached hydrogens (tertiary/aromatic N) is 3. The number of hydrogen-bond acceptors (Lipinski definition) is 6. The summed E-state index contributed by atoms with van der Waals surface area (Å²) in [6.07, 6.45) is 7.92. The fourth-order valence-corrected chi connectivity index (χ4v) is 5.06. The molecule has 1 saturated heterocycles. The van der Waals surface area contributed by atoms with Crippen LogP contribution in [0.5, 0.6) is 0 Å². The molecule has 0 aliphatic carbocycles. The Morgan fingerprint density at radius 1 is 1.21 bits per heavy atom. The molecule has 7 nitrogen and oxygen atoms in total. The van der Waals surface area contributed by atoms with Crippen LogP contribution in [-0.4, -0.2) is 46.0 Å². The summed E-state index contributed by atoms with van der Waals surface area (Å²) in [6, 6.07) is 13.2. The van der Waals surface area contributed by atoms with Crippen LogP contribution in [0.25, 0.3) is 27.2 Å². The summed E-state index contributed by atoms with van der Waals surface area (Å²) >= 11 is 0. The topological polar surface area (TPSA) is 89.3 Å². The van der Waals surface area contributed by atoms with Crippen molar-refractivity contribution in [3.8, 4) is 0 Å². The molecule has 2 aromatic carbocycles. The average Bonchev–Trinajstić information content (AvgIpc) is 2.94. The summed E-state index contributed by atoms with van der Waals surface area (Å²) in [7, 11) is 1.54. The van der Waals surface area contributed by atoms with Crippen molar-refractivity contribution in [1.82, 2.24) is 19.9 Å². The molecule has 1 fully saturated rings. The maximum Gasteiger partial charge on any atom is 0.261 e. The van der Waals surface area contributed by atoms with Crippen molar-refractivity contribution in [2.75, 3.05) is 20.3 Å². The highest BCUT2D eigenvalue weighted by molar-refractivity contribution is 6.06. The van der Waals surface area contributed by atoms with Crippen molar-refractivity contribution < 1.29 is 14.2 Å². The van der Waals surface area contributed by atoms with E-state index in [1.165, 1.54) is 4.57 Å². The Kier molecular flexibility index (Phi) is 7.62. The number of pyridine rings is 1. The lowest BCUT2D eigenvalue weighted by Crippen LogP contribution is -2.39. The van der Waals surface area contributed by atoms with Gasteiger partial charge in [0.15, 0.2) is 5.95 Å². The zero-order chi connectivity index (χ0) is 26.6. The van der Waals surface area contributed by atoms with Crippen molar-refractivity contribution in [2.24, 2.45) is 0 Å². The Morgan fingerprint density at radius 2 is 2.03 bits per heavy atom. The molecular weight excluding hydrogens is 483 g/mol. The molecule has 3 heterocycles. The van der Waals surface area contributed by atoms with Crippen LogP contribution in [0, 0.1) is 0 Å². The predicted octanol–water partition coefficient (Wildman–Crippen LogP) is 4.68. The molecule has 38 heavy (non-hydrogen) atoms. The molecule has 0 bridgehead atoms. The minimum Gasteiger partial charge on any atom is -0.389 e. The zero-order valence-electron chi connectivity index (χ0n) is 21.5. The van der Waals surface area contributed by atoms with Crippen LogP contribution in [0.3, 0.4) is 0 Å². The Labute approximate surface area is 220 Å². The third-order valence-corrected chi connectivity index (χ3v) is 7.00. The summed E-state index contributed by atoms with van der Waals surface area (Å²) in [4.78, 5) is 22.7. The van der Waals surface area contributed by atoms with Crippen molar-refractivity contribution in [3.63, 3.8) is 0 Å². The van der Waals surface area contributed by atoms with Gasteiger partial charge in [0, 0.05) is 25.2 Å². The van der Waals surface area contributed by atoms with E-state index in [1.807, 2.05) is 55.5 Å². The molecule has 0 saturated carbocycles. The van der Waals surface area contributed by atoms with Gasteiger partial charge >= 0.3 is 0 Å². The fraction of sp³-hybridized carbons (Fsp3) is 0.300. The number of hydrogen-bond donors (Lipinski definition) is 2. The van der Waals surface area contributed by atoms with Crippen LogP contribution >= 0.6 is 0 Å².